The summed E-state index contributed by atoms with van der Waals surface area (Å²) in [5, 5.41) is 9.10. The zero-order chi connectivity index (χ0) is 22.2. The molecule has 32 heavy (non-hydrogen) atoms. The molecule has 3 aliphatic rings. The number of carbonyl (C=O) groups is 3. The van der Waals surface area contributed by atoms with Crippen molar-refractivity contribution in [3.05, 3.63) is 59.9 Å². The third-order valence-corrected chi connectivity index (χ3v) is 6.99. The van der Waals surface area contributed by atoms with E-state index >= 15 is 0 Å². The lowest BCUT2D eigenvalue weighted by Crippen LogP contribution is -2.53. The summed E-state index contributed by atoms with van der Waals surface area (Å²) in [5.74, 6) is -0.964. The van der Waals surface area contributed by atoms with Gasteiger partial charge in [0, 0.05) is 42.5 Å². The van der Waals surface area contributed by atoms with Gasteiger partial charge in [0.1, 0.15) is 0 Å². The highest BCUT2D eigenvalue weighted by Crippen LogP contribution is 2.52. The highest BCUT2D eigenvalue weighted by Gasteiger charge is 2.51. The molecular weight excluding hydrogens is 406 g/mol. The SMILES string of the molecule is O=C(O)CCC(=O)N(C1CC1)C1c2ccccc2N(C(=O)c2cccnc2)C2CCCC21. The van der Waals surface area contributed by atoms with E-state index in [0.717, 1.165) is 43.4 Å². The third-order valence-electron chi connectivity index (χ3n) is 6.99. The predicted octanol–water partition coefficient (Wildman–Crippen LogP) is 3.81. The molecule has 1 N–H and O–H groups in total. The molecule has 1 aromatic carbocycles. The predicted molar refractivity (Wildman–Crippen MR) is 118 cm³/mol. The number of aromatic nitrogens is 1. The molecule has 2 aliphatic carbocycles. The van der Waals surface area contributed by atoms with Gasteiger partial charge in [0.25, 0.3) is 5.91 Å². The van der Waals surface area contributed by atoms with E-state index in [4.69, 9.17) is 5.11 Å². The highest BCUT2D eigenvalue weighted by molar-refractivity contribution is 6.07. The number of carbonyl (C=O) groups excluding carboxylic acids is 2. The number of benzene rings is 1. The number of fused-ring (bicyclic) bond motifs is 2. The van der Waals surface area contributed by atoms with Crippen LogP contribution in [0, 0.1) is 5.92 Å². The maximum atomic E-state index is 13.6. The second-order valence-corrected chi connectivity index (χ2v) is 9.01. The van der Waals surface area contributed by atoms with Crippen LogP contribution in [0.1, 0.15) is 66.9 Å². The summed E-state index contributed by atoms with van der Waals surface area (Å²) >= 11 is 0. The van der Waals surface area contributed by atoms with Gasteiger partial charge >= 0.3 is 5.97 Å². The van der Waals surface area contributed by atoms with Crippen molar-refractivity contribution in [1.29, 1.82) is 0 Å². The van der Waals surface area contributed by atoms with Crippen molar-refractivity contribution in [2.75, 3.05) is 4.90 Å². The van der Waals surface area contributed by atoms with Gasteiger partial charge in [-0.3, -0.25) is 19.4 Å². The van der Waals surface area contributed by atoms with Crippen LogP contribution in [0.2, 0.25) is 0 Å². The smallest absolute Gasteiger partial charge is 0.303 e. The van der Waals surface area contributed by atoms with Crippen molar-refractivity contribution in [2.24, 2.45) is 5.92 Å². The van der Waals surface area contributed by atoms with E-state index in [1.165, 1.54) is 0 Å². The number of rotatable bonds is 6. The van der Waals surface area contributed by atoms with Gasteiger partial charge in [-0.25, -0.2) is 0 Å². The molecule has 2 saturated carbocycles. The summed E-state index contributed by atoms with van der Waals surface area (Å²) in [5.41, 5.74) is 2.40. The fourth-order valence-corrected chi connectivity index (χ4v) is 5.55. The van der Waals surface area contributed by atoms with Crippen molar-refractivity contribution in [3.8, 4) is 0 Å². The fourth-order valence-electron chi connectivity index (χ4n) is 5.55. The van der Waals surface area contributed by atoms with Crippen molar-refractivity contribution in [3.63, 3.8) is 0 Å². The molecule has 0 saturated heterocycles. The van der Waals surface area contributed by atoms with Crippen LogP contribution in [0.4, 0.5) is 5.69 Å². The molecule has 1 aliphatic heterocycles. The minimum Gasteiger partial charge on any atom is -0.481 e. The molecule has 166 valence electrons. The number of carboxylic acids is 1. The summed E-state index contributed by atoms with van der Waals surface area (Å²) in [6, 6.07) is 11.5. The number of nitrogens with zero attached hydrogens (tertiary/aromatic N) is 3. The number of aliphatic carboxylic acids is 1. The summed E-state index contributed by atoms with van der Waals surface area (Å²) < 4.78 is 0. The van der Waals surface area contributed by atoms with Gasteiger partial charge in [0.15, 0.2) is 0 Å². The Kier molecular flexibility index (Phi) is 5.41. The average molecular weight is 434 g/mol. The van der Waals surface area contributed by atoms with Gasteiger partial charge in [0.05, 0.1) is 18.0 Å². The van der Waals surface area contributed by atoms with Crippen molar-refractivity contribution in [2.45, 2.75) is 63.1 Å². The fraction of sp³-hybridized carbons (Fsp3) is 0.440. The number of hydrogen-bond acceptors (Lipinski definition) is 4. The monoisotopic (exact) mass is 433 g/mol. The van der Waals surface area contributed by atoms with E-state index in [1.54, 1.807) is 24.5 Å². The molecule has 2 heterocycles. The number of pyridine rings is 1. The zero-order valence-electron chi connectivity index (χ0n) is 17.9. The molecule has 2 amide bonds. The summed E-state index contributed by atoms with van der Waals surface area (Å²) in [4.78, 5) is 45.9. The van der Waals surface area contributed by atoms with Crippen LogP contribution in [0.25, 0.3) is 0 Å². The van der Waals surface area contributed by atoms with E-state index in [0.29, 0.717) is 5.56 Å². The molecule has 0 radical (unpaired) electrons. The van der Waals surface area contributed by atoms with Crippen LogP contribution in [-0.2, 0) is 9.59 Å². The van der Waals surface area contributed by atoms with Crippen molar-refractivity contribution < 1.29 is 19.5 Å². The molecule has 5 rings (SSSR count). The molecule has 0 bridgehead atoms. The van der Waals surface area contributed by atoms with Crippen LogP contribution in [0.5, 0.6) is 0 Å². The van der Waals surface area contributed by atoms with Gasteiger partial charge in [0.2, 0.25) is 5.91 Å². The maximum Gasteiger partial charge on any atom is 0.303 e. The highest BCUT2D eigenvalue weighted by atomic mass is 16.4. The zero-order valence-corrected chi connectivity index (χ0v) is 17.9. The van der Waals surface area contributed by atoms with Crippen LogP contribution < -0.4 is 4.90 Å². The van der Waals surface area contributed by atoms with Gasteiger partial charge < -0.3 is 14.9 Å². The molecule has 3 atom stereocenters. The normalized spacial score (nSPS) is 23.9. The lowest BCUT2D eigenvalue weighted by molar-refractivity contribution is -0.142. The maximum absolute atomic E-state index is 13.6. The molecule has 1 aromatic heterocycles. The van der Waals surface area contributed by atoms with E-state index < -0.39 is 5.97 Å². The van der Waals surface area contributed by atoms with Crippen LogP contribution in [0.15, 0.2) is 48.8 Å². The van der Waals surface area contributed by atoms with E-state index in [1.807, 2.05) is 34.1 Å². The first kappa shape index (κ1) is 20.7. The summed E-state index contributed by atoms with van der Waals surface area (Å²) in [7, 11) is 0. The van der Waals surface area contributed by atoms with Crippen LogP contribution in [-0.4, -0.2) is 44.9 Å². The molecule has 3 unspecified atom stereocenters. The Morgan fingerprint density at radius 3 is 2.56 bits per heavy atom. The summed E-state index contributed by atoms with van der Waals surface area (Å²) in [6.07, 6.45) is 7.85. The van der Waals surface area contributed by atoms with Crippen molar-refractivity contribution in [1.82, 2.24) is 9.88 Å². The first-order valence-electron chi connectivity index (χ1n) is 11.4. The Hall–Kier alpha value is -3.22. The van der Waals surface area contributed by atoms with Crippen LogP contribution in [0.3, 0.4) is 0 Å². The standard InChI is InChI=1S/C25H27N3O4/c29-22(12-13-23(30)31)27(17-10-11-17)24-18-6-1-2-8-20(18)28(21-9-3-7-19(21)24)25(32)16-5-4-14-26-15-16/h1-2,4-6,8,14-15,17,19,21,24H,3,7,9-13H2,(H,30,31). The van der Waals surface area contributed by atoms with Crippen LogP contribution >= 0.6 is 0 Å². The summed E-state index contributed by atoms with van der Waals surface area (Å²) in [6.45, 7) is 0. The number of hydrogen-bond donors (Lipinski definition) is 1. The number of carboxylic acid groups (broad SMARTS) is 1. The first-order chi connectivity index (χ1) is 15.6. The van der Waals surface area contributed by atoms with Gasteiger partial charge in [-0.1, -0.05) is 24.6 Å². The molecule has 0 spiro atoms. The Labute approximate surface area is 187 Å². The lowest BCUT2D eigenvalue weighted by Gasteiger charge is -2.47. The van der Waals surface area contributed by atoms with E-state index in [-0.39, 0.29) is 48.7 Å². The van der Waals surface area contributed by atoms with E-state index in [2.05, 4.69) is 4.98 Å². The Morgan fingerprint density at radius 2 is 1.84 bits per heavy atom. The molecular formula is C25H27N3O4. The lowest BCUT2D eigenvalue weighted by atomic mass is 9.81. The van der Waals surface area contributed by atoms with E-state index in [9.17, 15) is 14.4 Å². The second kappa shape index (κ2) is 8.37. The van der Waals surface area contributed by atoms with Gasteiger partial charge in [-0.2, -0.15) is 0 Å². The minimum atomic E-state index is -0.954. The number of para-hydroxylation sites is 1. The Bertz CT molecular complexity index is 1040. The molecule has 2 fully saturated rings. The molecule has 7 nitrogen and oxygen atoms in total. The minimum absolute atomic E-state index is 0.0103. The van der Waals surface area contributed by atoms with Crippen molar-refractivity contribution >= 4 is 23.5 Å². The first-order valence-corrected chi connectivity index (χ1v) is 11.4. The number of anilines is 1. The topological polar surface area (TPSA) is 90.8 Å². The Balaban J connectivity index is 1.56. The third kappa shape index (κ3) is 3.66. The van der Waals surface area contributed by atoms with Gasteiger partial charge in [-0.15, -0.1) is 0 Å². The largest absolute Gasteiger partial charge is 0.481 e. The molecule has 2 aromatic rings. The quantitative estimate of drug-likeness (QED) is 0.748. The average Bonchev–Trinajstić information content (AvgIpc) is 3.53. The second-order valence-electron chi connectivity index (χ2n) is 9.01. The van der Waals surface area contributed by atoms with Gasteiger partial charge in [-0.05, 0) is 49.4 Å². The number of amides is 2. The molecule has 7 heteroatoms. The Morgan fingerprint density at radius 1 is 1.03 bits per heavy atom.